The molecule has 6 heteroatoms. The van der Waals surface area contributed by atoms with Crippen molar-refractivity contribution in [2.45, 2.75) is 38.0 Å². The van der Waals surface area contributed by atoms with E-state index >= 15 is 0 Å². The zero-order valence-electron chi connectivity index (χ0n) is 12.7. The maximum atomic E-state index is 14.7. The number of nitrogens with two attached hydrogens (primary N) is 1. The molecule has 0 atom stereocenters. The van der Waals surface area contributed by atoms with Crippen LogP contribution in [0, 0.1) is 5.82 Å². The Morgan fingerprint density at radius 3 is 2.74 bits per heavy atom. The number of benzene rings is 1. The van der Waals surface area contributed by atoms with Crippen LogP contribution in [0.5, 0.6) is 0 Å². The normalized spacial score (nSPS) is 18.3. The molecule has 1 aromatic carbocycles. The predicted octanol–water partition coefficient (Wildman–Crippen LogP) is 4.44. The molecule has 2 aliphatic rings. The lowest BCUT2D eigenvalue weighted by Crippen LogP contribution is -2.27. The van der Waals surface area contributed by atoms with E-state index in [1.54, 1.807) is 0 Å². The molecule has 1 spiro atoms. The third-order valence-electron chi connectivity index (χ3n) is 5.04. The van der Waals surface area contributed by atoms with Crippen molar-refractivity contribution >= 4 is 28.9 Å². The van der Waals surface area contributed by atoms with Crippen LogP contribution in [0.25, 0.3) is 11.3 Å². The van der Waals surface area contributed by atoms with Crippen LogP contribution < -0.4 is 5.73 Å². The van der Waals surface area contributed by atoms with Crippen LogP contribution in [0.15, 0.2) is 23.3 Å². The van der Waals surface area contributed by atoms with Crippen molar-refractivity contribution in [3.05, 3.63) is 34.7 Å². The van der Waals surface area contributed by atoms with Gasteiger partial charge in [-0.2, -0.15) is 0 Å². The van der Waals surface area contributed by atoms with Gasteiger partial charge < -0.3 is 5.73 Å². The Balaban J connectivity index is 1.93. The molecule has 1 aliphatic carbocycles. The Morgan fingerprint density at radius 2 is 2.00 bits per heavy atom. The Bertz CT molecular complexity index is 841. The van der Waals surface area contributed by atoms with Gasteiger partial charge in [-0.15, -0.1) is 0 Å². The number of nitrogens with zero attached hydrogens (tertiary/aromatic N) is 3. The molecule has 0 radical (unpaired) electrons. The van der Waals surface area contributed by atoms with E-state index in [4.69, 9.17) is 17.3 Å². The van der Waals surface area contributed by atoms with Crippen molar-refractivity contribution in [1.29, 1.82) is 0 Å². The number of nitrogen functional groups attached to an aromatic ring is 1. The fraction of sp³-hybridized carbons (Fsp3) is 0.353. The summed E-state index contributed by atoms with van der Waals surface area (Å²) in [6.07, 6.45) is 5.74. The molecular weight excluding hydrogens is 315 g/mol. The minimum atomic E-state index is -0.339. The molecular formula is C17H16ClFN4. The molecule has 2 aromatic rings. The van der Waals surface area contributed by atoms with E-state index in [0.717, 1.165) is 37.0 Å². The quantitative estimate of drug-likeness (QED) is 0.840. The highest BCUT2D eigenvalue weighted by molar-refractivity contribution is 6.32. The topological polar surface area (TPSA) is 64.2 Å². The van der Waals surface area contributed by atoms with Crippen LogP contribution >= 0.6 is 11.6 Å². The van der Waals surface area contributed by atoms with Crippen LogP contribution in [-0.2, 0) is 5.41 Å². The van der Waals surface area contributed by atoms with Crippen molar-refractivity contribution in [1.82, 2.24) is 9.97 Å². The molecule has 0 saturated heterocycles. The highest BCUT2D eigenvalue weighted by Gasteiger charge is 2.44. The Kier molecular flexibility index (Phi) is 3.17. The van der Waals surface area contributed by atoms with Crippen molar-refractivity contribution in [3.8, 4) is 11.3 Å². The number of rotatable bonds is 1. The first-order valence-electron chi connectivity index (χ1n) is 7.69. The second-order valence-electron chi connectivity index (χ2n) is 6.27. The summed E-state index contributed by atoms with van der Waals surface area (Å²) < 4.78 is 14.7. The average Bonchev–Trinajstić information content (AvgIpc) is 3.11. The van der Waals surface area contributed by atoms with Gasteiger partial charge in [-0.25, -0.2) is 14.4 Å². The Morgan fingerprint density at radius 1 is 1.26 bits per heavy atom. The number of fused-ring (bicyclic) bond motifs is 2. The molecule has 0 unspecified atom stereocenters. The fourth-order valence-electron chi connectivity index (χ4n) is 3.88. The standard InChI is InChI=1S/C17H16ClFN4/c1-9-17(4-2-3-5-17)11-6-10(7-13(19)15(11)22-9)14-12(18)8-21-16(20)23-14/h6-8H,2-5H2,1H3,(H2,20,21,23). The van der Waals surface area contributed by atoms with Gasteiger partial charge in [0.25, 0.3) is 0 Å². The van der Waals surface area contributed by atoms with E-state index in [1.807, 2.05) is 13.0 Å². The van der Waals surface area contributed by atoms with E-state index in [1.165, 1.54) is 12.3 Å². The monoisotopic (exact) mass is 330 g/mol. The summed E-state index contributed by atoms with van der Waals surface area (Å²) in [6.45, 7) is 2.00. The summed E-state index contributed by atoms with van der Waals surface area (Å²) >= 11 is 6.18. The summed E-state index contributed by atoms with van der Waals surface area (Å²) in [5, 5.41) is 0.356. The van der Waals surface area contributed by atoms with Gasteiger partial charge in [0.2, 0.25) is 5.95 Å². The second kappa shape index (κ2) is 4.99. The average molecular weight is 331 g/mol. The molecule has 1 aliphatic heterocycles. The van der Waals surface area contributed by atoms with Gasteiger partial charge in [-0.3, -0.25) is 4.99 Å². The molecule has 2 N–H and O–H groups in total. The maximum Gasteiger partial charge on any atom is 0.220 e. The first kappa shape index (κ1) is 14.6. The number of halogens is 2. The van der Waals surface area contributed by atoms with Crippen molar-refractivity contribution in [3.63, 3.8) is 0 Å². The molecule has 4 nitrogen and oxygen atoms in total. The molecule has 118 valence electrons. The van der Waals surface area contributed by atoms with Gasteiger partial charge >= 0.3 is 0 Å². The number of hydrogen-bond acceptors (Lipinski definition) is 4. The minimum Gasteiger partial charge on any atom is -0.368 e. The fourth-order valence-corrected chi connectivity index (χ4v) is 4.08. The highest BCUT2D eigenvalue weighted by Crippen LogP contribution is 2.52. The van der Waals surface area contributed by atoms with Crippen LogP contribution in [0.2, 0.25) is 5.02 Å². The van der Waals surface area contributed by atoms with Gasteiger partial charge in [0.05, 0.1) is 16.9 Å². The molecule has 0 amide bonds. The minimum absolute atomic E-state index is 0.119. The summed E-state index contributed by atoms with van der Waals surface area (Å²) in [7, 11) is 0. The zero-order valence-corrected chi connectivity index (χ0v) is 13.5. The number of hydrogen-bond donors (Lipinski definition) is 1. The molecule has 2 heterocycles. The van der Waals surface area contributed by atoms with Crippen molar-refractivity contribution in [2.75, 3.05) is 5.73 Å². The zero-order chi connectivity index (χ0) is 16.2. The van der Waals surface area contributed by atoms with E-state index in [9.17, 15) is 4.39 Å². The summed E-state index contributed by atoms with van der Waals surface area (Å²) in [5.74, 6) is -0.220. The van der Waals surface area contributed by atoms with Crippen LogP contribution in [0.1, 0.15) is 38.2 Å². The maximum absolute atomic E-state index is 14.7. The highest BCUT2D eigenvalue weighted by atomic mass is 35.5. The third kappa shape index (κ3) is 2.06. The largest absolute Gasteiger partial charge is 0.368 e. The molecule has 0 bridgehead atoms. The van der Waals surface area contributed by atoms with E-state index in [2.05, 4.69) is 15.0 Å². The SMILES string of the molecule is CC1=Nc2c(F)cc(-c3nc(N)ncc3Cl)cc2C12CCCC2. The lowest BCUT2D eigenvalue weighted by Gasteiger charge is -2.25. The molecule has 4 rings (SSSR count). The molecule has 1 fully saturated rings. The molecule has 1 saturated carbocycles. The first-order valence-corrected chi connectivity index (χ1v) is 8.07. The lowest BCUT2D eigenvalue weighted by atomic mass is 9.76. The predicted molar refractivity (Wildman–Crippen MR) is 89.8 cm³/mol. The summed E-state index contributed by atoms with van der Waals surface area (Å²) in [4.78, 5) is 12.5. The van der Waals surface area contributed by atoms with Gasteiger partial charge in [-0.1, -0.05) is 24.4 Å². The third-order valence-corrected chi connectivity index (χ3v) is 5.32. The van der Waals surface area contributed by atoms with Crippen LogP contribution in [-0.4, -0.2) is 15.7 Å². The lowest BCUT2D eigenvalue weighted by molar-refractivity contribution is 0.598. The van der Waals surface area contributed by atoms with Gasteiger partial charge in [0.1, 0.15) is 11.5 Å². The van der Waals surface area contributed by atoms with Gasteiger partial charge in [0, 0.05) is 16.7 Å². The van der Waals surface area contributed by atoms with E-state index < -0.39 is 0 Å². The van der Waals surface area contributed by atoms with Crippen LogP contribution in [0.3, 0.4) is 0 Å². The molecule has 23 heavy (non-hydrogen) atoms. The number of aliphatic imine (C=N–C) groups is 1. The van der Waals surface area contributed by atoms with E-state index in [-0.39, 0.29) is 17.2 Å². The second-order valence-corrected chi connectivity index (χ2v) is 6.67. The Labute approximate surface area is 138 Å². The van der Waals surface area contributed by atoms with E-state index in [0.29, 0.717) is 22.0 Å². The van der Waals surface area contributed by atoms with Gasteiger partial charge in [0.15, 0.2) is 0 Å². The number of anilines is 1. The Hall–Kier alpha value is -2.01. The van der Waals surface area contributed by atoms with Crippen LogP contribution in [0.4, 0.5) is 16.0 Å². The molecule has 1 aromatic heterocycles. The van der Waals surface area contributed by atoms with Crippen molar-refractivity contribution < 1.29 is 4.39 Å². The summed E-state index contributed by atoms with van der Waals surface area (Å²) in [6, 6.07) is 3.40. The van der Waals surface area contributed by atoms with Gasteiger partial charge in [-0.05, 0) is 37.5 Å². The summed E-state index contributed by atoms with van der Waals surface area (Å²) in [5.41, 5.74) is 9.03. The number of aromatic nitrogens is 2. The smallest absolute Gasteiger partial charge is 0.220 e. The first-order chi connectivity index (χ1) is 11.0. The van der Waals surface area contributed by atoms with Crippen molar-refractivity contribution in [2.24, 2.45) is 4.99 Å².